The first-order valence-corrected chi connectivity index (χ1v) is 8.84. The number of aliphatic hydroxyl groups is 1. The third kappa shape index (κ3) is 10.4. The summed E-state index contributed by atoms with van der Waals surface area (Å²) in [5.74, 6) is 1.50. The molecule has 0 bridgehead atoms. The van der Waals surface area contributed by atoms with Crippen molar-refractivity contribution in [2.75, 3.05) is 39.5 Å². The summed E-state index contributed by atoms with van der Waals surface area (Å²) >= 11 is 0. The number of nitrogens with one attached hydrogen (secondary N) is 1. The normalized spacial score (nSPS) is 15.0. The Morgan fingerprint density at radius 2 is 1.65 bits per heavy atom. The number of hydrogen-bond acceptors (Lipinski definition) is 6. The Hall–Kier alpha value is -0.760. The number of nitrogens with two attached hydrogens (primary N) is 1. The van der Waals surface area contributed by atoms with Gasteiger partial charge in [-0.05, 0) is 37.1 Å². The predicted molar refractivity (Wildman–Crippen MR) is 108 cm³/mol. The summed E-state index contributed by atoms with van der Waals surface area (Å²) in [6.07, 6.45) is 4.80. The quantitative estimate of drug-likeness (QED) is 0.457. The van der Waals surface area contributed by atoms with E-state index in [-0.39, 0.29) is 31.4 Å². The van der Waals surface area contributed by atoms with Crippen molar-refractivity contribution in [1.82, 2.24) is 5.32 Å². The summed E-state index contributed by atoms with van der Waals surface area (Å²) in [7, 11) is 0. The lowest BCUT2D eigenvalue weighted by Gasteiger charge is -2.14. The molecule has 2 rings (SSSR count). The van der Waals surface area contributed by atoms with Crippen LogP contribution in [0.4, 0.5) is 0 Å². The minimum absolute atomic E-state index is 0. The summed E-state index contributed by atoms with van der Waals surface area (Å²) in [4.78, 5) is 0. The van der Waals surface area contributed by atoms with E-state index in [9.17, 15) is 5.11 Å². The second kappa shape index (κ2) is 15.3. The standard InChI is InChI=1S/C18H30N2O4.2ClH/c19-9-10-20-13-15(21)14-24-18-7-5-17(6-8-18)23-12-11-22-16-3-1-2-4-16;;/h5-8,15-16,20-21H,1-4,9-14,19H2;2*1H. The molecule has 0 aliphatic heterocycles. The summed E-state index contributed by atoms with van der Waals surface area (Å²) in [5, 5.41) is 12.8. The largest absolute Gasteiger partial charge is 0.491 e. The van der Waals surface area contributed by atoms with Gasteiger partial charge in [-0.25, -0.2) is 0 Å². The third-order valence-corrected chi connectivity index (χ3v) is 3.98. The topological polar surface area (TPSA) is 86.0 Å². The van der Waals surface area contributed by atoms with Crippen LogP contribution in [-0.4, -0.2) is 56.8 Å². The van der Waals surface area contributed by atoms with Crippen molar-refractivity contribution in [2.45, 2.75) is 37.9 Å². The maximum Gasteiger partial charge on any atom is 0.119 e. The van der Waals surface area contributed by atoms with Gasteiger partial charge >= 0.3 is 0 Å². The van der Waals surface area contributed by atoms with Crippen molar-refractivity contribution >= 4 is 24.8 Å². The van der Waals surface area contributed by atoms with Crippen LogP contribution >= 0.6 is 24.8 Å². The fourth-order valence-electron chi connectivity index (χ4n) is 2.68. The molecule has 152 valence electrons. The maximum absolute atomic E-state index is 9.76. The van der Waals surface area contributed by atoms with Gasteiger partial charge in [0.25, 0.3) is 0 Å². The molecule has 1 aliphatic rings. The minimum Gasteiger partial charge on any atom is -0.491 e. The smallest absolute Gasteiger partial charge is 0.119 e. The molecule has 4 N–H and O–H groups in total. The van der Waals surface area contributed by atoms with Gasteiger partial charge in [0.2, 0.25) is 0 Å². The van der Waals surface area contributed by atoms with Crippen LogP contribution in [0.3, 0.4) is 0 Å². The van der Waals surface area contributed by atoms with Crippen molar-refractivity contribution in [2.24, 2.45) is 5.73 Å². The van der Waals surface area contributed by atoms with Gasteiger partial charge in [-0.3, -0.25) is 0 Å². The third-order valence-electron chi connectivity index (χ3n) is 3.98. The lowest BCUT2D eigenvalue weighted by Crippen LogP contribution is -2.34. The van der Waals surface area contributed by atoms with Gasteiger partial charge in [0.15, 0.2) is 0 Å². The molecule has 1 atom stereocenters. The Kier molecular flexibility index (Phi) is 14.9. The summed E-state index contributed by atoms with van der Waals surface area (Å²) < 4.78 is 17.0. The first-order valence-electron chi connectivity index (χ1n) is 8.84. The van der Waals surface area contributed by atoms with Crippen LogP contribution in [0.2, 0.25) is 0 Å². The van der Waals surface area contributed by atoms with E-state index >= 15 is 0 Å². The number of aliphatic hydroxyl groups excluding tert-OH is 1. The highest BCUT2D eigenvalue weighted by atomic mass is 35.5. The second-order valence-electron chi connectivity index (χ2n) is 6.05. The molecule has 6 nitrogen and oxygen atoms in total. The summed E-state index contributed by atoms with van der Waals surface area (Å²) in [6.45, 7) is 3.15. The highest BCUT2D eigenvalue weighted by molar-refractivity contribution is 5.85. The molecule has 1 saturated carbocycles. The number of halogens is 2. The van der Waals surface area contributed by atoms with Crippen LogP contribution in [0.1, 0.15) is 25.7 Å². The number of hydrogen-bond donors (Lipinski definition) is 3. The number of benzene rings is 1. The molecule has 1 unspecified atom stereocenters. The van der Waals surface area contributed by atoms with Crippen LogP contribution in [0.15, 0.2) is 24.3 Å². The lowest BCUT2D eigenvalue weighted by atomic mass is 10.3. The molecule has 1 aromatic carbocycles. The van der Waals surface area contributed by atoms with Gasteiger partial charge < -0.3 is 30.4 Å². The highest BCUT2D eigenvalue weighted by Crippen LogP contribution is 2.21. The average Bonchev–Trinajstić information content (AvgIpc) is 3.12. The van der Waals surface area contributed by atoms with Crippen molar-refractivity contribution in [1.29, 1.82) is 0 Å². The summed E-state index contributed by atoms with van der Waals surface area (Å²) in [5.41, 5.74) is 5.37. The fraction of sp³-hybridized carbons (Fsp3) is 0.667. The highest BCUT2D eigenvalue weighted by Gasteiger charge is 2.14. The van der Waals surface area contributed by atoms with Gasteiger partial charge in [0, 0.05) is 19.6 Å². The molecular formula is C18H32Cl2N2O4. The Bertz CT molecular complexity index is 445. The lowest BCUT2D eigenvalue weighted by molar-refractivity contribution is 0.0382. The predicted octanol–water partition coefficient (Wildman–Crippen LogP) is 2.16. The van der Waals surface area contributed by atoms with Gasteiger partial charge in [0.05, 0.1) is 12.7 Å². The van der Waals surface area contributed by atoms with E-state index in [4.69, 9.17) is 19.9 Å². The molecule has 8 heteroatoms. The Morgan fingerprint density at radius 1 is 1.04 bits per heavy atom. The van der Waals surface area contributed by atoms with Crippen LogP contribution in [0.25, 0.3) is 0 Å². The van der Waals surface area contributed by atoms with E-state index in [1.54, 1.807) is 0 Å². The molecule has 1 aliphatic carbocycles. The molecule has 0 amide bonds. The molecule has 0 heterocycles. The zero-order valence-corrected chi connectivity index (χ0v) is 16.7. The molecule has 1 fully saturated rings. The Balaban J connectivity index is 0.00000312. The van der Waals surface area contributed by atoms with E-state index in [2.05, 4.69) is 5.32 Å². The minimum atomic E-state index is -0.555. The van der Waals surface area contributed by atoms with E-state index in [0.29, 0.717) is 44.7 Å². The van der Waals surface area contributed by atoms with E-state index in [1.807, 2.05) is 24.3 Å². The number of ether oxygens (including phenoxy) is 3. The second-order valence-corrected chi connectivity index (χ2v) is 6.05. The van der Waals surface area contributed by atoms with Crippen LogP contribution in [0.5, 0.6) is 11.5 Å². The van der Waals surface area contributed by atoms with Crippen molar-refractivity contribution in [3.05, 3.63) is 24.3 Å². The van der Waals surface area contributed by atoms with Crippen LogP contribution in [0, 0.1) is 0 Å². The zero-order valence-electron chi connectivity index (χ0n) is 15.1. The molecule has 0 saturated heterocycles. The average molecular weight is 411 g/mol. The van der Waals surface area contributed by atoms with E-state index in [0.717, 1.165) is 5.75 Å². The van der Waals surface area contributed by atoms with Gasteiger partial charge in [0.1, 0.15) is 30.8 Å². The van der Waals surface area contributed by atoms with Gasteiger partial charge in [-0.15, -0.1) is 24.8 Å². The molecule has 0 radical (unpaired) electrons. The van der Waals surface area contributed by atoms with E-state index < -0.39 is 6.10 Å². The first kappa shape index (κ1) is 25.2. The summed E-state index contributed by atoms with van der Waals surface area (Å²) in [6, 6.07) is 7.41. The van der Waals surface area contributed by atoms with Crippen molar-refractivity contribution < 1.29 is 19.3 Å². The maximum atomic E-state index is 9.76. The molecular weight excluding hydrogens is 379 g/mol. The van der Waals surface area contributed by atoms with Crippen LogP contribution < -0.4 is 20.5 Å². The molecule has 0 spiro atoms. The zero-order chi connectivity index (χ0) is 17.0. The van der Waals surface area contributed by atoms with E-state index in [1.165, 1.54) is 25.7 Å². The van der Waals surface area contributed by atoms with Crippen molar-refractivity contribution in [3.8, 4) is 11.5 Å². The Morgan fingerprint density at radius 3 is 2.27 bits per heavy atom. The van der Waals surface area contributed by atoms with Gasteiger partial charge in [-0.1, -0.05) is 12.8 Å². The molecule has 26 heavy (non-hydrogen) atoms. The van der Waals surface area contributed by atoms with Gasteiger partial charge in [-0.2, -0.15) is 0 Å². The fourth-order valence-corrected chi connectivity index (χ4v) is 2.68. The molecule has 1 aromatic rings. The monoisotopic (exact) mass is 410 g/mol. The number of rotatable bonds is 12. The SMILES string of the molecule is Cl.Cl.NCCNCC(O)COc1ccc(OCCOC2CCCC2)cc1. The first-order chi connectivity index (χ1) is 11.8. The molecule has 0 aromatic heterocycles. The van der Waals surface area contributed by atoms with Crippen molar-refractivity contribution in [3.63, 3.8) is 0 Å². The van der Waals surface area contributed by atoms with Crippen LogP contribution in [-0.2, 0) is 4.74 Å². The Labute approximate surface area is 168 Å².